The molecule has 3 nitrogen and oxygen atoms in total. The molecule has 0 aliphatic carbocycles. The lowest BCUT2D eigenvalue weighted by atomic mass is 10.1. The molecule has 3 rings (SSSR count). The fourth-order valence-electron chi connectivity index (χ4n) is 2.57. The summed E-state index contributed by atoms with van der Waals surface area (Å²) in [5, 5.41) is 0.614. The zero-order valence-corrected chi connectivity index (χ0v) is 15.2. The van der Waals surface area contributed by atoms with Gasteiger partial charge in [0.05, 0.1) is 5.56 Å². The average molecular weight is 355 g/mol. The maximum atomic E-state index is 12.6. The van der Waals surface area contributed by atoms with Gasteiger partial charge in [0, 0.05) is 10.6 Å². The maximum absolute atomic E-state index is 12.6. The van der Waals surface area contributed by atoms with Gasteiger partial charge in [-0.3, -0.25) is 4.79 Å². The molecule has 0 aromatic heterocycles. The van der Waals surface area contributed by atoms with Crippen molar-refractivity contribution in [1.29, 1.82) is 0 Å². The van der Waals surface area contributed by atoms with Crippen molar-refractivity contribution in [3.8, 4) is 11.5 Å². The maximum Gasteiger partial charge on any atom is 0.231 e. The Morgan fingerprint density at radius 2 is 2.04 bits per heavy atom. The normalized spacial score (nSPS) is 14.2. The molecule has 128 valence electrons. The number of Topliss-reactive ketones (excluding diaryl/α,β-unsaturated/α-hetero) is 1. The molecule has 2 aromatic carbocycles. The van der Waals surface area contributed by atoms with E-state index >= 15 is 0 Å². The number of ether oxygens (including phenoxy) is 2. The predicted octanol–water partition coefficient (Wildman–Crippen LogP) is 5.61. The molecule has 0 fully saturated rings. The van der Waals surface area contributed by atoms with Crippen LogP contribution in [0.1, 0.15) is 35.3 Å². The van der Waals surface area contributed by atoms with Crippen LogP contribution < -0.4 is 9.47 Å². The summed E-state index contributed by atoms with van der Waals surface area (Å²) in [6.45, 7) is 6.43. The van der Waals surface area contributed by atoms with E-state index in [1.54, 1.807) is 24.3 Å². The average Bonchev–Trinajstić information content (AvgIpc) is 2.87. The first-order chi connectivity index (χ1) is 12.0. The van der Waals surface area contributed by atoms with Gasteiger partial charge >= 0.3 is 0 Å². The van der Waals surface area contributed by atoms with Crippen molar-refractivity contribution in [2.45, 2.75) is 20.8 Å². The van der Waals surface area contributed by atoms with E-state index in [-0.39, 0.29) is 5.78 Å². The number of ketones is 1. The summed E-state index contributed by atoms with van der Waals surface area (Å²) in [5.41, 5.74) is 3.39. The Morgan fingerprint density at radius 1 is 1.24 bits per heavy atom. The van der Waals surface area contributed by atoms with E-state index in [4.69, 9.17) is 21.1 Å². The highest BCUT2D eigenvalue weighted by atomic mass is 35.5. The lowest BCUT2D eigenvalue weighted by Crippen LogP contribution is -1.98. The van der Waals surface area contributed by atoms with Crippen molar-refractivity contribution >= 4 is 23.5 Å². The summed E-state index contributed by atoms with van der Waals surface area (Å²) in [4.78, 5) is 12.6. The molecule has 2 aromatic rings. The Kier molecular flexibility index (Phi) is 4.95. The van der Waals surface area contributed by atoms with E-state index in [9.17, 15) is 4.79 Å². The highest BCUT2D eigenvalue weighted by molar-refractivity contribution is 6.30. The molecule has 4 heteroatoms. The molecule has 1 aliphatic heterocycles. The van der Waals surface area contributed by atoms with Crippen molar-refractivity contribution in [3.63, 3.8) is 0 Å². The van der Waals surface area contributed by atoms with Crippen LogP contribution in [0.3, 0.4) is 0 Å². The number of carbonyl (C=O) groups excluding carboxylic acids is 1. The highest BCUT2D eigenvalue weighted by Crippen LogP contribution is 2.39. The molecule has 0 radical (unpaired) electrons. The van der Waals surface area contributed by atoms with Gasteiger partial charge in [0.1, 0.15) is 18.1 Å². The minimum absolute atomic E-state index is 0.131. The minimum atomic E-state index is -0.131. The molecule has 1 aliphatic rings. The lowest BCUT2D eigenvalue weighted by molar-refractivity contribution is 0.101. The van der Waals surface area contributed by atoms with Crippen LogP contribution in [0, 0.1) is 6.92 Å². The van der Waals surface area contributed by atoms with Crippen molar-refractivity contribution < 1.29 is 14.3 Å². The molecule has 0 bridgehead atoms. The third kappa shape index (κ3) is 3.77. The molecule has 0 spiro atoms. The van der Waals surface area contributed by atoms with Gasteiger partial charge in [-0.25, -0.2) is 0 Å². The second-order valence-corrected chi connectivity index (χ2v) is 6.59. The Hall–Kier alpha value is -2.52. The van der Waals surface area contributed by atoms with Gasteiger partial charge in [0.2, 0.25) is 5.78 Å². The zero-order chi connectivity index (χ0) is 18.0. The fraction of sp³-hybridized carbons (Fsp3) is 0.190. The van der Waals surface area contributed by atoms with Gasteiger partial charge in [0.15, 0.2) is 5.76 Å². The molecular formula is C21H19ClO3. The van der Waals surface area contributed by atoms with Crippen molar-refractivity contribution in [3.05, 3.63) is 75.5 Å². The van der Waals surface area contributed by atoms with E-state index in [1.165, 1.54) is 5.57 Å². The van der Waals surface area contributed by atoms with Crippen molar-refractivity contribution in [2.24, 2.45) is 0 Å². The number of halogens is 1. The fourth-order valence-corrected chi connectivity index (χ4v) is 2.77. The molecule has 1 heterocycles. The third-order valence-corrected chi connectivity index (χ3v) is 4.15. The van der Waals surface area contributed by atoms with Gasteiger partial charge in [-0.1, -0.05) is 29.3 Å². The van der Waals surface area contributed by atoms with E-state index in [0.29, 0.717) is 34.5 Å². The van der Waals surface area contributed by atoms with Gasteiger partial charge in [0.25, 0.3) is 0 Å². The van der Waals surface area contributed by atoms with E-state index < -0.39 is 0 Å². The molecule has 0 saturated heterocycles. The van der Waals surface area contributed by atoms with Crippen LogP contribution in [0.15, 0.2) is 53.8 Å². The number of rotatable bonds is 4. The number of hydrogen-bond donors (Lipinski definition) is 0. The second-order valence-electron chi connectivity index (χ2n) is 6.15. The number of benzene rings is 2. The van der Waals surface area contributed by atoms with Gasteiger partial charge in [-0.2, -0.15) is 0 Å². The van der Waals surface area contributed by atoms with Crippen LogP contribution in [-0.2, 0) is 0 Å². The largest absolute Gasteiger partial charge is 0.489 e. The molecule has 25 heavy (non-hydrogen) atoms. The summed E-state index contributed by atoms with van der Waals surface area (Å²) in [5.74, 6) is 1.44. The number of allylic oxidation sites excluding steroid dienone is 2. The number of hydrogen-bond acceptors (Lipinski definition) is 3. The Labute approximate surface area is 152 Å². The number of fused-ring (bicyclic) bond motifs is 1. The standard InChI is InChI=1S/C21H19ClO3/c1-13(2)9-10-24-18-8-7-17-20(23)19(25-21(17)14(18)3)12-15-5-4-6-16(22)11-15/h4-9,11-12H,10H2,1-3H3/b19-12-. The first-order valence-electron chi connectivity index (χ1n) is 8.05. The molecular weight excluding hydrogens is 336 g/mol. The van der Waals surface area contributed by atoms with Crippen LogP contribution in [0.2, 0.25) is 5.02 Å². The summed E-state index contributed by atoms with van der Waals surface area (Å²) in [6, 6.07) is 10.9. The zero-order valence-electron chi connectivity index (χ0n) is 14.4. The van der Waals surface area contributed by atoms with Crippen LogP contribution in [0.25, 0.3) is 6.08 Å². The van der Waals surface area contributed by atoms with Crippen LogP contribution >= 0.6 is 11.6 Å². The van der Waals surface area contributed by atoms with Gasteiger partial charge < -0.3 is 9.47 Å². The summed E-state index contributed by atoms with van der Waals surface area (Å²) in [6.07, 6.45) is 3.71. The van der Waals surface area contributed by atoms with Crippen molar-refractivity contribution in [1.82, 2.24) is 0 Å². The molecule has 0 amide bonds. The van der Waals surface area contributed by atoms with Crippen LogP contribution in [0.5, 0.6) is 11.5 Å². The smallest absolute Gasteiger partial charge is 0.231 e. The number of carbonyl (C=O) groups is 1. The molecule has 0 N–H and O–H groups in total. The molecule has 0 saturated carbocycles. The van der Waals surface area contributed by atoms with E-state index in [1.807, 2.05) is 45.0 Å². The Balaban J connectivity index is 1.88. The first-order valence-corrected chi connectivity index (χ1v) is 8.43. The van der Waals surface area contributed by atoms with E-state index in [2.05, 4.69) is 0 Å². The molecule has 0 atom stereocenters. The molecule has 0 unspecified atom stereocenters. The van der Waals surface area contributed by atoms with Crippen molar-refractivity contribution in [2.75, 3.05) is 6.61 Å². The summed E-state index contributed by atoms with van der Waals surface area (Å²) < 4.78 is 11.6. The lowest BCUT2D eigenvalue weighted by Gasteiger charge is -2.10. The van der Waals surface area contributed by atoms with Gasteiger partial charge in [-0.15, -0.1) is 0 Å². The van der Waals surface area contributed by atoms with E-state index in [0.717, 1.165) is 11.1 Å². The topological polar surface area (TPSA) is 35.5 Å². The third-order valence-electron chi connectivity index (χ3n) is 3.91. The SMILES string of the molecule is CC(C)=CCOc1ccc2c(c1C)O/C(=C\c1cccc(Cl)c1)C2=O. The summed E-state index contributed by atoms with van der Waals surface area (Å²) >= 11 is 6.00. The van der Waals surface area contributed by atoms with Crippen LogP contribution in [0.4, 0.5) is 0 Å². The second kappa shape index (κ2) is 7.16. The highest BCUT2D eigenvalue weighted by Gasteiger charge is 2.30. The monoisotopic (exact) mass is 354 g/mol. The van der Waals surface area contributed by atoms with Crippen LogP contribution in [-0.4, -0.2) is 12.4 Å². The Morgan fingerprint density at radius 3 is 2.76 bits per heavy atom. The van der Waals surface area contributed by atoms with Gasteiger partial charge in [-0.05, 0) is 62.8 Å². The first kappa shape index (κ1) is 17.3. The quantitative estimate of drug-likeness (QED) is 0.528. The summed E-state index contributed by atoms with van der Waals surface area (Å²) in [7, 11) is 0. The minimum Gasteiger partial charge on any atom is -0.489 e. The Bertz CT molecular complexity index is 890. The predicted molar refractivity (Wildman–Crippen MR) is 100 cm³/mol.